The molecule has 2 aromatic rings. The third-order valence-corrected chi connectivity index (χ3v) is 4.42. The minimum atomic E-state index is -1.27. The Bertz CT molecular complexity index is 856. The average molecular weight is 395 g/mol. The standard InChI is InChI=1S/C21H21F4NO2/c1-11(2)9-10-26(20(27)16-14(22)7-5-12(3)18(16)24)21(28)17-15(23)8-6-13(4)19(17)25/h5-8,11H,9-10H2,1-4H3. The van der Waals surface area contributed by atoms with E-state index in [0.29, 0.717) is 11.3 Å². The van der Waals surface area contributed by atoms with Crippen LogP contribution in [-0.2, 0) is 0 Å². The molecule has 2 rings (SSSR count). The molecule has 150 valence electrons. The lowest BCUT2D eigenvalue weighted by Crippen LogP contribution is -2.40. The van der Waals surface area contributed by atoms with Gasteiger partial charge < -0.3 is 0 Å². The van der Waals surface area contributed by atoms with Crippen LogP contribution in [0.1, 0.15) is 52.1 Å². The van der Waals surface area contributed by atoms with E-state index in [1.807, 2.05) is 13.8 Å². The smallest absolute Gasteiger partial charge is 0.266 e. The first-order chi connectivity index (χ1) is 13.1. The highest BCUT2D eigenvalue weighted by Gasteiger charge is 2.32. The van der Waals surface area contributed by atoms with Crippen LogP contribution < -0.4 is 0 Å². The number of carbonyl (C=O) groups excluding carboxylic acids is 2. The quantitative estimate of drug-likeness (QED) is 0.516. The van der Waals surface area contributed by atoms with E-state index in [1.165, 1.54) is 13.8 Å². The van der Waals surface area contributed by atoms with E-state index >= 15 is 0 Å². The lowest BCUT2D eigenvalue weighted by atomic mass is 10.0. The summed E-state index contributed by atoms with van der Waals surface area (Å²) < 4.78 is 57.2. The van der Waals surface area contributed by atoms with Crippen LogP contribution >= 0.6 is 0 Å². The summed E-state index contributed by atoms with van der Waals surface area (Å²) in [6.07, 6.45) is 0.293. The Balaban J connectivity index is 2.58. The van der Waals surface area contributed by atoms with E-state index in [2.05, 4.69) is 0 Å². The molecule has 0 radical (unpaired) electrons. The van der Waals surface area contributed by atoms with Crippen molar-refractivity contribution in [2.24, 2.45) is 5.92 Å². The van der Waals surface area contributed by atoms with Crippen LogP contribution in [0.15, 0.2) is 24.3 Å². The summed E-state index contributed by atoms with van der Waals surface area (Å²) in [5, 5.41) is 0. The first kappa shape index (κ1) is 21.6. The number of carbonyl (C=O) groups is 2. The summed E-state index contributed by atoms with van der Waals surface area (Å²) in [4.78, 5) is 26.2. The van der Waals surface area contributed by atoms with Crippen LogP contribution in [-0.4, -0.2) is 23.3 Å². The molecule has 0 fully saturated rings. The third kappa shape index (κ3) is 4.24. The Hall–Kier alpha value is -2.70. The minimum absolute atomic E-state index is 0.00826. The summed E-state index contributed by atoms with van der Waals surface area (Å²) >= 11 is 0. The molecular formula is C21H21F4NO2. The van der Waals surface area contributed by atoms with Gasteiger partial charge in [0.2, 0.25) is 0 Å². The third-order valence-electron chi connectivity index (χ3n) is 4.42. The Kier molecular flexibility index (Phi) is 6.59. The van der Waals surface area contributed by atoms with Crippen LogP contribution in [0, 0.1) is 43.0 Å². The van der Waals surface area contributed by atoms with Crippen LogP contribution in [0.25, 0.3) is 0 Å². The van der Waals surface area contributed by atoms with Crippen molar-refractivity contribution in [3.8, 4) is 0 Å². The van der Waals surface area contributed by atoms with Crippen molar-refractivity contribution >= 4 is 11.8 Å². The zero-order chi connectivity index (χ0) is 21.2. The number of halogens is 4. The summed E-state index contributed by atoms with van der Waals surface area (Å²) in [6, 6.07) is 4.12. The van der Waals surface area contributed by atoms with Crippen molar-refractivity contribution in [1.82, 2.24) is 4.90 Å². The van der Waals surface area contributed by atoms with Crippen molar-refractivity contribution < 1.29 is 27.2 Å². The van der Waals surface area contributed by atoms with Crippen LogP contribution in [0.5, 0.6) is 0 Å². The lowest BCUT2D eigenvalue weighted by Gasteiger charge is -2.23. The second-order valence-corrected chi connectivity index (χ2v) is 7.05. The number of aryl methyl sites for hydroxylation is 2. The van der Waals surface area contributed by atoms with Crippen molar-refractivity contribution in [3.63, 3.8) is 0 Å². The predicted molar refractivity (Wildman–Crippen MR) is 97.0 cm³/mol. The Morgan fingerprint density at radius 2 is 1.21 bits per heavy atom. The number of benzene rings is 2. The molecule has 2 amide bonds. The van der Waals surface area contributed by atoms with E-state index in [0.717, 1.165) is 24.3 Å². The molecule has 0 atom stereocenters. The van der Waals surface area contributed by atoms with Gasteiger partial charge in [-0.1, -0.05) is 26.0 Å². The fourth-order valence-electron chi connectivity index (χ4n) is 2.66. The summed E-state index contributed by atoms with van der Waals surface area (Å²) in [5.41, 5.74) is -1.83. The fourth-order valence-corrected chi connectivity index (χ4v) is 2.66. The molecular weight excluding hydrogens is 374 g/mol. The zero-order valence-electron chi connectivity index (χ0n) is 16.1. The topological polar surface area (TPSA) is 37.4 Å². The first-order valence-electron chi connectivity index (χ1n) is 8.81. The molecule has 28 heavy (non-hydrogen) atoms. The highest BCUT2D eigenvalue weighted by Crippen LogP contribution is 2.23. The maximum atomic E-state index is 14.4. The molecule has 0 spiro atoms. The normalized spacial score (nSPS) is 11.0. The molecule has 2 aromatic carbocycles. The molecule has 0 aliphatic carbocycles. The van der Waals surface area contributed by atoms with Gasteiger partial charge in [-0.3, -0.25) is 14.5 Å². The van der Waals surface area contributed by atoms with Gasteiger partial charge in [-0.05, 0) is 49.4 Å². The van der Waals surface area contributed by atoms with Gasteiger partial charge in [0, 0.05) is 6.54 Å². The zero-order valence-corrected chi connectivity index (χ0v) is 16.1. The van der Waals surface area contributed by atoms with E-state index in [4.69, 9.17) is 0 Å². The van der Waals surface area contributed by atoms with E-state index in [-0.39, 0.29) is 23.6 Å². The number of hydrogen-bond acceptors (Lipinski definition) is 2. The van der Waals surface area contributed by atoms with Gasteiger partial charge in [-0.15, -0.1) is 0 Å². The molecule has 7 heteroatoms. The number of imide groups is 1. The molecule has 0 aliphatic rings. The fraction of sp³-hybridized carbons (Fsp3) is 0.333. The number of amides is 2. The van der Waals surface area contributed by atoms with Crippen LogP contribution in [0.3, 0.4) is 0 Å². The lowest BCUT2D eigenvalue weighted by molar-refractivity contribution is 0.0598. The summed E-state index contributed by atoms with van der Waals surface area (Å²) in [7, 11) is 0. The Labute approximate surface area is 161 Å². The number of nitrogens with zero attached hydrogens (tertiary/aromatic N) is 1. The van der Waals surface area contributed by atoms with Crippen LogP contribution in [0.4, 0.5) is 17.6 Å². The molecule has 0 saturated carbocycles. The molecule has 3 nitrogen and oxygen atoms in total. The van der Waals surface area contributed by atoms with Crippen molar-refractivity contribution in [3.05, 3.63) is 69.8 Å². The van der Waals surface area contributed by atoms with Gasteiger partial charge in [-0.25, -0.2) is 17.6 Å². The molecule has 0 saturated heterocycles. The minimum Gasteiger partial charge on any atom is -0.274 e. The molecule has 0 aromatic heterocycles. The molecule has 0 bridgehead atoms. The number of hydrogen-bond donors (Lipinski definition) is 0. The van der Waals surface area contributed by atoms with E-state index in [9.17, 15) is 27.2 Å². The number of rotatable bonds is 5. The maximum absolute atomic E-state index is 14.4. The molecule has 0 unspecified atom stereocenters. The van der Waals surface area contributed by atoms with E-state index < -0.39 is 46.2 Å². The second-order valence-electron chi connectivity index (χ2n) is 7.05. The predicted octanol–water partition coefficient (Wildman–Crippen LogP) is 5.19. The van der Waals surface area contributed by atoms with Crippen LogP contribution in [0.2, 0.25) is 0 Å². The summed E-state index contributed by atoms with van der Waals surface area (Å²) in [5.74, 6) is -7.05. The monoisotopic (exact) mass is 395 g/mol. The highest BCUT2D eigenvalue weighted by molar-refractivity contribution is 6.10. The highest BCUT2D eigenvalue weighted by atomic mass is 19.1. The maximum Gasteiger partial charge on any atom is 0.266 e. The molecule has 0 aliphatic heterocycles. The van der Waals surface area contributed by atoms with Gasteiger partial charge in [-0.2, -0.15) is 0 Å². The van der Waals surface area contributed by atoms with Crippen molar-refractivity contribution in [1.29, 1.82) is 0 Å². The Morgan fingerprint density at radius 1 is 0.821 bits per heavy atom. The van der Waals surface area contributed by atoms with Gasteiger partial charge >= 0.3 is 0 Å². The first-order valence-corrected chi connectivity index (χ1v) is 8.81. The van der Waals surface area contributed by atoms with E-state index in [1.54, 1.807) is 0 Å². The van der Waals surface area contributed by atoms with Crippen molar-refractivity contribution in [2.45, 2.75) is 34.1 Å². The second kappa shape index (κ2) is 8.54. The van der Waals surface area contributed by atoms with Crippen molar-refractivity contribution in [2.75, 3.05) is 6.54 Å². The van der Waals surface area contributed by atoms with Gasteiger partial charge in [0.1, 0.15) is 34.4 Å². The molecule has 0 N–H and O–H groups in total. The van der Waals surface area contributed by atoms with Gasteiger partial charge in [0.15, 0.2) is 0 Å². The largest absolute Gasteiger partial charge is 0.274 e. The van der Waals surface area contributed by atoms with Gasteiger partial charge in [0.05, 0.1) is 0 Å². The Morgan fingerprint density at radius 3 is 1.57 bits per heavy atom. The average Bonchev–Trinajstić information content (AvgIpc) is 2.62. The van der Waals surface area contributed by atoms with Gasteiger partial charge in [0.25, 0.3) is 11.8 Å². The SMILES string of the molecule is Cc1ccc(F)c(C(=O)N(CCC(C)C)C(=O)c2c(F)ccc(C)c2F)c1F. The molecule has 0 heterocycles. The summed E-state index contributed by atoms with van der Waals surface area (Å²) in [6.45, 7) is 6.07.